The van der Waals surface area contributed by atoms with Gasteiger partial charge in [-0.2, -0.15) is 0 Å². The van der Waals surface area contributed by atoms with Crippen molar-refractivity contribution in [1.82, 2.24) is 9.97 Å². The maximum absolute atomic E-state index is 13.5. The first-order valence-corrected chi connectivity index (χ1v) is 5.63. The average molecular weight is 298 g/mol. The van der Waals surface area contributed by atoms with Gasteiger partial charge < -0.3 is 10.5 Å². The van der Waals surface area contributed by atoms with E-state index in [2.05, 4.69) is 25.9 Å². The molecule has 6 heteroatoms. The number of hydrogen-bond acceptors (Lipinski definition) is 4. The normalized spacial score (nSPS) is 10.3. The van der Waals surface area contributed by atoms with Crippen LogP contribution in [0.3, 0.4) is 0 Å². The Morgan fingerprint density at radius 3 is 2.82 bits per heavy atom. The zero-order chi connectivity index (χ0) is 12.3. The third kappa shape index (κ3) is 2.78. The van der Waals surface area contributed by atoms with Gasteiger partial charge in [-0.05, 0) is 18.2 Å². The number of benzene rings is 1. The van der Waals surface area contributed by atoms with E-state index in [-0.39, 0.29) is 18.2 Å². The van der Waals surface area contributed by atoms with Crippen LogP contribution in [0.2, 0.25) is 0 Å². The van der Waals surface area contributed by atoms with Crippen molar-refractivity contribution in [3.8, 4) is 11.6 Å². The molecular formula is C11H9BrFN3O. The summed E-state index contributed by atoms with van der Waals surface area (Å²) in [6.07, 6.45) is 2.97. The van der Waals surface area contributed by atoms with Crippen molar-refractivity contribution in [1.29, 1.82) is 0 Å². The lowest BCUT2D eigenvalue weighted by Crippen LogP contribution is -2.04. The maximum atomic E-state index is 13.5. The van der Waals surface area contributed by atoms with E-state index < -0.39 is 5.82 Å². The second-order valence-electron chi connectivity index (χ2n) is 3.19. The third-order valence-electron chi connectivity index (χ3n) is 2.03. The molecule has 0 aliphatic carbocycles. The molecule has 0 fully saturated rings. The van der Waals surface area contributed by atoms with Gasteiger partial charge >= 0.3 is 0 Å². The molecule has 0 bridgehead atoms. The molecule has 0 amide bonds. The lowest BCUT2D eigenvalue weighted by Gasteiger charge is -2.08. The van der Waals surface area contributed by atoms with Gasteiger partial charge in [0.05, 0.1) is 0 Å². The Balaban J connectivity index is 2.34. The molecular weight excluding hydrogens is 289 g/mol. The lowest BCUT2D eigenvalue weighted by atomic mass is 10.3. The van der Waals surface area contributed by atoms with Crippen LogP contribution in [0.25, 0.3) is 0 Å². The second kappa shape index (κ2) is 5.20. The Kier molecular flexibility index (Phi) is 3.65. The summed E-state index contributed by atoms with van der Waals surface area (Å²) in [5.74, 6) is -0.177. The molecule has 0 radical (unpaired) electrons. The van der Waals surface area contributed by atoms with E-state index in [1.165, 1.54) is 24.5 Å². The van der Waals surface area contributed by atoms with Crippen LogP contribution in [-0.2, 0) is 6.54 Å². The van der Waals surface area contributed by atoms with E-state index >= 15 is 0 Å². The van der Waals surface area contributed by atoms with Crippen molar-refractivity contribution in [3.63, 3.8) is 0 Å². The fourth-order valence-corrected chi connectivity index (χ4v) is 1.58. The van der Waals surface area contributed by atoms with E-state index in [0.29, 0.717) is 10.2 Å². The third-order valence-corrected chi connectivity index (χ3v) is 2.52. The molecule has 0 unspecified atom stereocenters. The Labute approximate surface area is 106 Å². The summed E-state index contributed by atoms with van der Waals surface area (Å²) in [4.78, 5) is 7.97. The minimum Gasteiger partial charge on any atom is -0.434 e. The van der Waals surface area contributed by atoms with Crippen molar-refractivity contribution < 1.29 is 9.13 Å². The van der Waals surface area contributed by atoms with Gasteiger partial charge in [-0.3, -0.25) is 4.98 Å². The monoisotopic (exact) mass is 297 g/mol. The van der Waals surface area contributed by atoms with Crippen LogP contribution in [0, 0.1) is 5.82 Å². The highest BCUT2D eigenvalue weighted by atomic mass is 79.9. The molecule has 0 saturated carbocycles. The van der Waals surface area contributed by atoms with Gasteiger partial charge in [0.1, 0.15) is 5.69 Å². The molecule has 0 aliphatic heterocycles. The molecule has 0 aliphatic rings. The number of rotatable bonds is 3. The van der Waals surface area contributed by atoms with Crippen LogP contribution in [-0.4, -0.2) is 9.97 Å². The number of nitrogens with zero attached hydrogens (tertiary/aromatic N) is 2. The van der Waals surface area contributed by atoms with Gasteiger partial charge in [0.2, 0.25) is 5.88 Å². The van der Waals surface area contributed by atoms with Crippen LogP contribution < -0.4 is 10.5 Å². The Hall–Kier alpha value is -1.53. The quantitative estimate of drug-likeness (QED) is 0.946. The Morgan fingerprint density at radius 1 is 1.29 bits per heavy atom. The highest BCUT2D eigenvalue weighted by molar-refractivity contribution is 9.10. The Bertz CT molecular complexity index is 536. The van der Waals surface area contributed by atoms with E-state index in [4.69, 9.17) is 10.5 Å². The summed E-state index contributed by atoms with van der Waals surface area (Å²) in [6, 6.07) is 4.41. The molecule has 1 aromatic heterocycles. The number of aromatic nitrogens is 2. The van der Waals surface area contributed by atoms with E-state index in [1.807, 2.05) is 0 Å². The van der Waals surface area contributed by atoms with E-state index in [9.17, 15) is 4.39 Å². The van der Waals surface area contributed by atoms with Gasteiger partial charge in [0.25, 0.3) is 0 Å². The van der Waals surface area contributed by atoms with Gasteiger partial charge in [-0.25, -0.2) is 9.37 Å². The van der Waals surface area contributed by atoms with Crippen molar-refractivity contribution in [2.24, 2.45) is 5.73 Å². The highest BCUT2D eigenvalue weighted by Gasteiger charge is 2.10. The summed E-state index contributed by atoms with van der Waals surface area (Å²) < 4.78 is 19.5. The van der Waals surface area contributed by atoms with Gasteiger partial charge in [-0.1, -0.05) is 15.9 Å². The van der Waals surface area contributed by atoms with Crippen molar-refractivity contribution >= 4 is 15.9 Å². The van der Waals surface area contributed by atoms with Crippen LogP contribution in [0.5, 0.6) is 11.6 Å². The number of hydrogen-bond donors (Lipinski definition) is 1. The molecule has 1 heterocycles. The van der Waals surface area contributed by atoms with Crippen LogP contribution in [0.15, 0.2) is 35.1 Å². The van der Waals surface area contributed by atoms with Crippen LogP contribution >= 0.6 is 15.9 Å². The highest BCUT2D eigenvalue weighted by Crippen LogP contribution is 2.27. The largest absolute Gasteiger partial charge is 0.434 e. The number of nitrogens with two attached hydrogens (primary N) is 1. The molecule has 2 N–H and O–H groups in total. The van der Waals surface area contributed by atoms with Crippen molar-refractivity contribution in [2.75, 3.05) is 0 Å². The first-order valence-electron chi connectivity index (χ1n) is 4.83. The molecule has 2 aromatic rings. The predicted molar refractivity (Wildman–Crippen MR) is 64.1 cm³/mol. The van der Waals surface area contributed by atoms with Gasteiger partial charge in [0.15, 0.2) is 11.6 Å². The molecule has 0 saturated heterocycles. The molecule has 0 atom stereocenters. The summed E-state index contributed by atoms with van der Waals surface area (Å²) in [7, 11) is 0. The summed E-state index contributed by atoms with van der Waals surface area (Å²) in [5.41, 5.74) is 5.97. The second-order valence-corrected chi connectivity index (χ2v) is 4.10. The van der Waals surface area contributed by atoms with Crippen LogP contribution in [0.1, 0.15) is 5.69 Å². The topological polar surface area (TPSA) is 61.0 Å². The average Bonchev–Trinajstić information content (AvgIpc) is 2.34. The molecule has 2 rings (SSSR count). The molecule has 0 spiro atoms. The van der Waals surface area contributed by atoms with E-state index in [1.54, 1.807) is 6.07 Å². The van der Waals surface area contributed by atoms with Crippen LogP contribution in [0.4, 0.5) is 4.39 Å². The zero-order valence-electron chi connectivity index (χ0n) is 8.73. The van der Waals surface area contributed by atoms with Crippen molar-refractivity contribution in [3.05, 3.63) is 46.6 Å². The first-order chi connectivity index (χ1) is 8.20. The zero-order valence-corrected chi connectivity index (χ0v) is 10.3. The molecule has 4 nitrogen and oxygen atoms in total. The summed E-state index contributed by atoms with van der Waals surface area (Å²) >= 11 is 3.24. The summed E-state index contributed by atoms with van der Waals surface area (Å²) in [6.45, 7) is 0.179. The minimum atomic E-state index is -0.471. The number of halogens is 2. The first kappa shape index (κ1) is 11.9. The maximum Gasteiger partial charge on any atom is 0.242 e. The summed E-state index contributed by atoms with van der Waals surface area (Å²) in [5, 5.41) is 0. The van der Waals surface area contributed by atoms with Gasteiger partial charge in [-0.15, -0.1) is 0 Å². The SMILES string of the molecule is NCc1nccnc1Oc1cc(Br)ccc1F. The molecule has 1 aromatic carbocycles. The van der Waals surface area contributed by atoms with E-state index in [0.717, 1.165) is 0 Å². The predicted octanol–water partition coefficient (Wildman–Crippen LogP) is 2.63. The van der Waals surface area contributed by atoms with Gasteiger partial charge in [0, 0.05) is 23.4 Å². The Morgan fingerprint density at radius 2 is 2.06 bits per heavy atom. The standard InChI is InChI=1S/C11H9BrFN3O/c12-7-1-2-8(13)10(5-7)17-11-9(6-14)15-3-4-16-11/h1-5H,6,14H2. The number of ether oxygens (including phenoxy) is 1. The molecule has 17 heavy (non-hydrogen) atoms. The fraction of sp³-hybridized carbons (Fsp3) is 0.0909. The smallest absolute Gasteiger partial charge is 0.242 e. The van der Waals surface area contributed by atoms with Crippen molar-refractivity contribution in [2.45, 2.75) is 6.54 Å². The minimum absolute atomic E-state index is 0.0783. The molecule has 88 valence electrons. The fourth-order valence-electron chi connectivity index (χ4n) is 1.24. The lowest BCUT2D eigenvalue weighted by molar-refractivity contribution is 0.419.